The lowest BCUT2D eigenvalue weighted by molar-refractivity contribution is -0.124. The van der Waals surface area contributed by atoms with Crippen LogP contribution in [-0.2, 0) is 4.79 Å². The average Bonchev–Trinajstić information content (AvgIpc) is 2.75. The summed E-state index contributed by atoms with van der Waals surface area (Å²) in [6.45, 7) is 0.521. The molecule has 3 aromatic rings. The number of amides is 1. The van der Waals surface area contributed by atoms with E-state index in [1.807, 2.05) is 5.32 Å². The van der Waals surface area contributed by atoms with Crippen LogP contribution < -0.4 is 15.8 Å². The third kappa shape index (κ3) is 6.36. The largest absolute Gasteiger partial charge is 0.467 e. The van der Waals surface area contributed by atoms with E-state index in [2.05, 4.69) is 15.0 Å². The number of alkyl halides is 4. The Labute approximate surface area is 191 Å². The molecule has 0 unspecified atom stereocenters. The zero-order valence-corrected chi connectivity index (χ0v) is 18.1. The van der Waals surface area contributed by atoms with Crippen molar-refractivity contribution in [1.29, 1.82) is 0 Å². The lowest BCUT2D eigenvalue weighted by Gasteiger charge is -2.17. The first-order chi connectivity index (χ1) is 15.9. The van der Waals surface area contributed by atoms with Gasteiger partial charge in [0.2, 0.25) is 11.8 Å². The number of carbonyl (C=O) groups is 1. The average molecular weight is 481 g/mol. The highest BCUT2D eigenvalue weighted by molar-refractivity contribution is 5.85. The van der Waals surface area contributed by atoms with E-state index in [4.69, 9.17) is 10.5 Å². The summed E-state index contributed by atoms with van der Waals surface area (Å²) in [4.78, 5) is 23.9. The van der Waals surface area contributed by atoms with Crippen molar-refractivity contribution in [1.82, 2.24) is 20.3 Å². The molecule has 0 aliphatic rings. The molecule has 1 amide bonds. The van der Waals surface area contributed by atoms with E-state index in [1.54, 1.807) is 0 Å². The predicted molar refractivity (Wildman–Crippen MR) is 114 cm³/mol. The van der Waals surface area contributed by atoms with Gasteiger partial charge in [-0.25, -0.2) is 26.9 Å². The summed E-state index contributed by atoms with van der Waals surface area (Å²) in [7, 11) is 0. The highest BCUT2D eigenvalue weighted by Gasteiger charge is 2.24. The Morgan fingerprint density at radius 1 is 1.12 bits per heavy atom. The molecule has 0 spiro atoms. The molecule has 12 heteroatoms. The van der Waals surface area contributed by atoms with Crippen molar-refractivity contribution in [3.8, 4) is 28.3 Å². The fourth-order valence-corrected chi connectivity index (χ4v) is 3.03. The molecule has 0 radical (unpaired) electrons. The topological polar surface area (TPSA) is 103 Å². The second kappa shape index (κ2) is 9.98. The number of carbonyl (C=O) groups excluding carboxylic acids is 1. The Morgan fingerprint density at radius 3 is 2.41 bits per heavy atom. The Morgan fingerprint density at radius 2 is 1.79 bits per heavy atom. The smallest absolute Gasteiger partial charge is 0.280 e. The number of nitrogens with zero attached hydrogens (tertiary/aromatic N) is 3. The molecule has 3 N–H and O–H groups in total. The van der Waals surface area contributed by atoms with Crippen LogP contribution in [0.4, 0.5) is 27.9 Å². The third-order valence-corrected chi connectivity index (χ3v) is 4.43. The number of benzene rings is 1. The molecule has 2 heterocycles. The molecule has 34 heavy (non-hydrogen) atoms. The van der Waals surface area contributed by atoms with Crippen molar-refractivity contribution in [2.45, 2.75) is 26.2 Å². The zero-order chi connectivity index (χ0) is 25.0. The minimum atomic E-state index is -3.13. The van der Waals surface area contributed by atoms with Gasteiger partial charge in [-0.2, -0.15) is 4.98 Å². The molecule has 7 nitrogen and oxygen atoms in total. The number of hydrogen-bond donors (Lipinski definition) is 2. The van der Waals surface area contributed by atoms with Crippen molar-refractivity contribution >= 4 is 11.9 Å². The molecule has 0 aliphatic carbocycles. The van der Waals surface area contributed by atoms with Crippen LogP contribution in [0.15, 0.2) is 36.4 Å². The minimum Gasteiger partial charge on any atom is -0.467 e. The molecule has 2 aromatic heterocycles. The predicted octanol–water partition coefficient (Wildman–Crippen LogP) is 4.32. The number of hydrogen-bond acceptors (Lipinski definition) is 6. The van der Waals surface area contributed by atoms with Crippen LogP contribution in [0.1, 0.15) is 24.7 Å². The Bertz CT molecular complexity index is 1180. The number of aromatic nitrogens is 3. The van der Waals surface area contributed by atoms with E-state index < -0.39 is 42.9 Å². The van der Waals surface area contributed by atoms with Crippen LogP contribution in [-0.4, -0.2) is 39.9 Å². The minimum absolute atomic E-state index is 0.0850. The Hall–Kier alpha value is -3.83. The van der Waals surface area contributed by atoms with E-state index in [-0.39, 0.29) is 34.3 Å². The quantitative estimate of drug-likeness (QED) is 0.465. The van der Waals surface area contributed by atoms with Crippen LogP contribution >= 0.6 is 0 Å². The van der Waals surface area contributed by atoms with E-state index >= 15 is 0 Å². The van der Waals surface area contributed by atoms with Crippen LogP contribution in [0, 0.1) is 12.7 Å². The molecule has 1 aromatic carbocycles. The summed E-state index contributed by atoms with van der Waals surface area (Å²) in [5, 5.41) is 2.01. The first-order valence-electron chi connectivity index (χ1n) is 9.91. The number of nitrogen functional groups attached to an aromatic ring is 1. The summed E-state index contributed by atoms with van der Waals surface area (Å²) in [6.07, 6.45) is -2.88. The monoisotopic (exact) mass is 481 g/mol. The van der Waals surface area contributed by atoms with Crippen molar-refractivity contribution in [2.75, 3.05) is 18.9 Å². The molecule has 0 atom stereocenters. The van der Waals surface area contributed by atoms with Gasteiger partial charge < -0.3 is 15.8 Å². The zero-order valence-electron chi connectivity index (χ0n) is 18.1. The fraction of sp³-hybridized carbons (Fsp3) is 0.273. The summed E-state index contributed by atoms with van der Waals surface area (Å²) in [6, 6.07) is 7.69. The number of pyridine rings is 1. The Balaban J connectivity index is 2.10. The number of nitrogens with two attached hydrogens (primary N) is 1. The lowest BCUT2D eigenvalue weighted by Crippen LogP contribution is -2.37. The molecule has 0 fully saturated rings. The van der Waals surface area contributed by atoms with Gasteiger partial charge in [-0.05, 0) is 48.9 Å². The van der Waals surface area contributed by atoms with Gasteiger partial charge in [0.05, 0.1) is 17.8 Å². The summed E-state index contributed by atoms with van der Waals surface area (Å²) < 4.78 is 71.8. The van der Waals surface area contributed by atoms with E-state index in [0.29, 0.717) is 12.5 Å². The fourth-order valence-electron chi connectivity index (χ4n) is 3.03. The lowest BCUT2D eigenvalue weighted by atomic mass is 9.99. The standard InChI is InChI=1S/C22H20F5N5O2/c1-11-7-13(8-15(30-11)19(24)25)17-18(12-3-5-14(23)6-4-12)31-21(28)32-20(17)34-9-16(33)29-10-22(2,26)27/h3-8,19H,9-10H2,1-2H3,(H,29,33)(H2,28,31,32). The van der Waals surface area contributed by atoms with Crippen molar-refractivity contribution < 1.29 is 31.5 Å². The van der Waals surface area contributed by atoms with E-state index in [0.717, 1.165) is 6.07 Å². The number of halogens is 5. The van der Waals surface area contributed by atoms with Gasteiger partial charge in [-0.15, -0.1) is 0 Å². The molecule has 180 valence electrons. The van der Waals surface area contributed by atoms with Gasteiger partial charge in [0.15, 0.2) is 6.61 Å². The second-order valence-corrected chi connectivity index (χ2v) is 7.48. The SMILES string of the molecule is Cc1cc(-c2c(OCC(=O)NCC(C)(F)F)nc(N)nc2-c2ccc(F)cc2)cc(C(F)F)n1. The third-order valence-electron chi connectivity index (χ3n) is 4.43. The molecular formula is C22H20F5N5O2. The number of ether oxygens (including phenoxy) is 1. The van der Waals surface area contributed by atoms with Gasteiger partial charge >= 0.3 is 0 Å². The maximum Gasteiger partial charge on any atom is 0.280 e. The first kappa shape index (κ1) is 24.8. The molecule has 0 saturated carbocycles. The number of aryl methyl sites for hydroxylation is 1. The van der Waals surface area contributed by atoms with Crippen LogP contribution in [0.25, 0.3) is 22.4 Å². The van der Waals surface area contributed by atoms with Crippen LogP contribution in [0.2, 0.25) is 0 Å². The molecule has 0 saturated heterocycles. The van der Waals surface area contributed by atoms with E-state index in [9.17, 15) is 26.7 Å². The first-order valence-corrected chi connectivity index (χ1v) is 9.91. The van der Waals surface area contributed by atoms with Crippen LogP contribution in [0.3, 0.4) is 0 Å². The van der Waals surface area contributed by atoms with Gasteiger partial charge in [0.25, 0.3) is 18.3 Å². The van der Waals surface area contributed by atoms with Gasteiger partial charge in [-0.3, -0.25) is 9.78 Å². The number of anilines is 1. The van der Waals surface area contributed by atoms with Gasteiger partial charge in [0.1, 0.15) is 11.5 Å². The van der Waals surface area contributed by atoms with Crippen molar-refractivity contribution in [3.63, 3.8) is 0 Å². The van der Waals surface area contributed by atoms with E-state index in [1.165, 1.54) is 37.3 Å². The van der Waals surface area contributed by atoms with Crippen molar-refractivity contribution in [2.24, 2.45) is 0 Å². The maximum atomic E-state index is 13.5. The highest BCUT2D eigenvalue weighted by atomic mass is 19.3. The Kier molecular flexibility index (Phi) is 7.28. The summed E-state index contributed by atoms with van der Waals surface area (Å²) in [5.41, 5.74) is 6.27. The van der Waals surface area contributed by atoms with Gasteiger partial charge in [0, 0.05) is 18.2 Å². The highest BCUT2D eigenvalue weighted by Crippen LogP contribution is 2.39. The number of rotatable bonds is 8. The second-order valence-electron chi connectivity index (χ2n) is 7.48. The molecule has 3 rings (SSSR count). The number of nitrogens with one attached hydrogen (secondary N) is 1. The van der Waals surface area contributed by atoms with Gasteiger partial charge in [-0.1, -0.05) is 0 Å². The van der Waals surface area contributed by atoms with Crippen molar-refractivity contribution in [3.05, 3.63) is 53.6 Å². The van der Waals surface area contributed by atoms with Crippen LogP contribution in [0.5, 0.6) is 5.88 Å². The maximum absolute atomic E-state index is 13.5. The summed E-state index contributed by atoms with van der Waals surface area (Å²) >= 11 is 0. The molecule has 0 aliphatic heterocycles. The molecular weight excluding hydrogens is 461 g/mol. The summed E-state index contributed by atoms with van der Waals surface area (Å²) in [5.74, 6) is -5.05. The normalized spacial score (nSPS) is 11.5. The molecule has 0 bridgehead atoms.